The highest BCUT2D eigenvalue weighted by atomic mass is 32.2. The second kappa shape index (κ2) is 6.31. The van der Waals surface area contributed by atoms with E-state index in [2.05, 4.69) is 10.0 Å². The molecule has 1 aromatic rings. The number of hydrogen-bond donors (Lipinski definition) is 2. The van der Waals surface area contributed by atoms with Gasteiger partial charge in [0, 0.05) is 6.54 Å². The van der Waals surface area contributed by atoms with E-state index in [1.807, 2.05) is 0 Å². The molecule has 1 fully saturated rings. The molecule has 20 heavy (non-hydrogen) atoms. The average molecular weight is 297 g/mol. The molecule has 1 aliphatic rings. The molecule has 1 atom stereocenters. The van der Waals surface area contributed by atoms with E-state index in [1.165, 1.54) is 0 Å². The number of hydrogen-bond acceptors (Lipinski definition) is 4. The Hall–Kier alpha value is -1.49. The van der Waals surface area contributed by atoms with Gasteiger partial charge in [0.15, 0.2) is 0 Å². The van der Waals surface area contributed by atoms with E-state index < -0.39 is 15.8 Å². The van der Waals surface area contributed by atoms with Crippen molar-refractivity contribution in [3.05, 3.63) is 29.6 Å². The molecule has 1 aliphatic heterocycles. The van der Waals surface area contributed by atoms with Gasteiger partial charge in [-0.3, -0.25) is 0 Å². The highest BCUT2D eigenvalue weighted by Crippen LogP contribution is 2.15. The van der Waals surface area contributed by atoms with Crippen LogP contribution >= 0.6 is 0 Å². The molecule has 0 radical (unpaired) electrons. The lowest BCUT2D eigenvalue weighted by Gasteiger charge is -2.10. The van der Waals surface area contributed by atoms with Crippen molar-refractivity contribution in [2.24, 2.45) is 5.92 Å². The van der Waals surface area contributed by atoms with Gasteiger partial charge in [0.25, 0.3) is 0 Å². The maximum absolute atomic E-state index is 13.2. The molecule has 1 aromatic carbocycles. The number of rotatable bonds is 5. The maximum Gasteiger partial charge on any atom is 0.240 e. The van der Waals surface area contributed by atoms with Gasteiger partial charge < -0.3 is 5.32 Å². The Morgan fingerprint density at radius 3 is 2.95 bits per heavy atom. The minimum Gasteiger partial charge on any atom is -0.316 e. The van der Waals surface area contributed by atoms with Crippen molar-refractivity contribution >= 4 is 10.0 Å². The van der Waals surface area contributed by atoms with Gasteiger partial charge in [0.1, 0.15) is 11.9 Å². The zero-order valence-electron chi connectivity index (χ0n) is 10.9. The van der Waals surface area contributed by atoms with Gasteiger partial charge in [-0.25, -0.2) is 17.5 Å². The van der Waals surface area contributed by atoms with Crippen LogP contribution in [0.25, 0.3) is 0 Å². The van der Waals surface area contributed by atoms with Crippen molar-refractivity contribution < 1.29 is 12.8 Å². The van der Waals surface area contributed by atoms with E-state index in [4.69, 9.17) is 5.26 Å². The summed E-state index contributed by atoms with van der Waals surface area (Å²) in [6.07, 6.45) is 1.81. The predicted octanol–water partition coefficient (Wildman–Crippen LogP) is 0.975. The fraction of sp³-hybridized carbons (Fsp3) is 0.462. The number of sulfonamides is 1. The van der Waals surface area contributed by atoms with Crippen molar-refractivity contribution in [2.45, 2.75) is 17.7 Å². The Kier molecular flexibility index (Phi) is 4.70. The van der Waals surface area contributed by atoms with Gasteiger partial charge in [-0.15, -0.1) is 0 Å². The average Bonchev–Trinajstić information content (AvgIpc) is 2.92. The second-order valence-electron chi connectivity index (χ2n) is 4.80. The van der Waals surface area contributed by atoms with Crippen LogP contribution in [0.2, 0.25) is 0 Å². The Morgan fingerprint density at radius 1 is 1.50 bits per heavy atom. The smallest absolute Gasteiger partial charge is 0.240 e. The molecule has 0 amide bonds. The molecule has 0 spiro atoms. The van der Waals surface area contributed by atoms with Crippen molar-refractivity contribution in [3.8, 4) is 6.07 Å². The molecule has 1 heterocycles. The molecule has 1 saturated heterocycles. The standard InChI is InChI=1S/C13H16FN3O2S/c14-13-2-1-12(7-11(13)8-15)20(18,19)17-6-4-10-3-5-16-9-10/h1-2,7,10,16-17H,3-6,9H2. The van der Waals surface area contributed by atoms with E-state index in [-0.39, 0.29) is 10.5 Å². The van der Waals surface area contributed by atoms with E-state index in [9.17, 15) is 12.8 Å². The monoisotopic (exact) mass is 297 g/mol. The Morgan fingerprint density at radius 2 is 2.30 bits per heavy atom. The summed E-state index contributed by atoms with van der Waals surface area (Å²) in [5.74, 6) is -0.232. The first-order chi connectivity index (χ1) is 9.53. The highest BCUT2D eigenvalue weighted by molar-refractivity contribution is 7.89. The van der Waals surface area contributed by atoms with Gasteiger partial charge >= 0.3 is 0 Å². The molecular formula is C13H16FN3O2S. The third-order valence-electron chi connectivity index (χ3n) is 3.38. The molecule has 7 heteroatoms. The number of halogens is 1. The summed E-state index contributed by atoms with van der Waals surface area (Å²) in [5, 5.41) is 11.9. The van der Waals surface area contributed by atoms with Gasteiger partial charge in [-0.2, -0.15) is 5.26 Å². The fourth-order valence-corrected chi connectivity index (χ4v) is 3.27. The number of nitriles is 1. The van der Waals surface area contributed by atoms with E-state index in [0.717, 1.165) is 44.1 Å². The lowest BCUT2D eigenvalue weighted by molar-refractivity contribution is 0.519. The Labute approximate surface area is 117 Å². The van der Waals surface area contributed by atoms with Crippen LogP contribution in [0.1, 0.15) is 18.4 Å². The summed E-state index contributed by atoms with van der Waals surface area (Å²) < 4.78 is 39.7. The van der Waals surface area contributed by atoms with Gasteiger partial charge in [0.05, 0.1) is 10.5 Å². The van der Waals surface area contributed by atoms with Crippen LogP contribution in [0, 0.1) is 23.1 Å². The quantitative estimate of drug-likeness (QED) is 0.848. The largest absolute Gasteiger partial charge is 0.316 e. The first kappa shape index (κ1) is 14.9. The van der Waals surface area contributed by atoms with E-state index >= 15 is 0 Å². The van der Waals surface area contributed by atoms with Crippen molar-refractivity contribution in [2.75, 3.05) is 19.6 Å². The van der Waals surface area contributed by atoms with Crippen LogP contribution in [0.4, 0.5) is 4.39 Å². The van der Waals surface area contributed by atoms with Crippen LogP contribution in [0.5, 0.6) is 0 Å². The van der Waals surface area contributed by atoms with E-state index in [0.29, 0.717) is 12.5 Å². The normalized spacial score (nSPS) is 18.9. The van der Waals surface area contributed by atoms with Gasteiger partial charge in [0.2, 0.25) is 10.0 Å². The Bertz CT molecular complexity index is 619. The number of benzene rings is 1. The zero-order valence-corrected chi connectivity index (χ0v) is 11.7. The van der Waals surface area contributed by atoms with Crippen LogP contribution in [-0.4, -0.2) is 28.1 Å². The summed E-state index contributed by atoms with van der Waals surface area (Å²) in [7, 11) is -3.69. The molecule has 0 saturated carbocycles. The minimum atomic E-state index is -3.69. The SMILES string of the molecule is N#Cc1cc(S(=O)(=O)NCCC2CCNC2)ccc1F. The summed E-state index contributed by atoms with van der Waals surface area (Å²) in [4.78, 5) is -0.0833. The number of nitrogens with zero attached hydrogens (tertiary/aromatic N) is 1. The lowest BCUT2D eigenvalue weighted by Crippen LogP contribution is -2.26. The molecule has 108 valence electrons. The molecule has 0 bridgehead atoms. The third-order valence-corrected chi connectivity index (χ3v) is 4.83. The predicted molar refractivity (Wildman–Crippen MR) is 71.9 cm³/mol. The minimum absolute atomic E-state index is 0.0833. The lowest BCUT2D eigenvalue weighted by atomic mass is 10.1. The molecule has 0 aliphatic carbocycles. The summed E-state index contributed by atoms with van der Waals surface area (Å²) >= 11 is 0. The second-order valence-corrected chi connectivity index (χ2v) is 6.57. The zero-order chi connectivity index (χ0) is 14.6. The van der Waals surface area contributed by atoms with Crippen LogP contribution in [0.3, 0.4) is 0 Å². The summed E-state index contributed by atoms with van der Waals surface area (Å²) in [5.41, 5.74) is -0.270. The van der Waals surface area contributed by atoms with Gasteiger partial charge in [-0.05, 0) is 50.0 Å². The molecule has 2 rings (SSSR count). The van der Waals surface area contributed by atoms with Crippen LogP contribution in [0.15, 0.2) is 23.1 Å². The number of nitrogens with one attached hydrogen (secondary N) is 2. The first-order valence-corrected chi connectivity index (χ1v) is 7.91. The molecule has 2 N–H and O–H groups in total. The Balaban J connectivity index is 2.00. The first-order valence-electron chi connectivity index (χ1n) is 6.43. The molecular weight excluding hydrogens is 281 g/mol. The fourth-order valence-electron chi connectivity index (χ4n) is 2.20. The van der Waals surface area contributed by atoms with Crippen molar-refractivity contribution in [3.63, 3.8) is 0 Å². The molecule has 0 aromatic heterocycles. The van der Waals surface area contributed by atoms with Gasteiger partial charge in [-0.1, -0.05) is 0 Å². The maximum atomic E-state index is 13.2. The van der Waals surface area contributed by atoms with E-state index in [1.54, 1.807) is 6.07 Å². The van der Waals surface area contributed by atoms with Crippen molar-refractivity contribution in [1.82, 2.24) is 10.0 Å². The molecule has 1 unspecified atom stereocenters. The van der Waals surface area contributed by atoms with Crippen LogP contribution < -0.4 is 10.0 Å². The highest BCUT2D eigenvalue weighted by Gasteiger charge is 2.18. The summed E-state index contributed by atoms with van der Waals surface area (Å²) in [6.45, 7) is 2.23. The molecule has 5 nitrogen and oxygen atoms in total. The van der Waals surface area contributed by atoms with Crippen LogP contribution in [-0.2, 0) is 10.0 Å². The summed E-state index contributed by atoms with van der Waals surface area (Å²) in [6, 6.07) is 4.84. The van der Waals surface area contributed by atoms with Crippen molar-refractivity contribution in [1.29, 1.82) is 5.26 Å². The topological polar surface area (TPSA) is 82.0 Å². The third kappa shape index (κ3) is 3.54.